The Morgan fingerprint density at radius 1 is 1.00 bits per heavy atom. The van der Waals surface area contributed by atoms with Gasteiger partial charge in [0.05, 0.1) is 15.6 Å². The van der Waals surface area contributed by atoms with Crippen LogP contribution in [0, 0.1) is 0 Å². The number of nitrogens with zero attached hydrogens (tertiary/aromatic N) is 1. The lowest BCUT2D eigenvalue weighted by Crippen LogP contribution is -1.98. The molecule has 1 aliphatic heterocycles. The molecule has 1 aliphatic rings. The number of fused-ring (bicyclic) bond motifs is 1. The van der Waals surface area contributed by atoms with Crippen molar-refractivity contribution in [1.82, 2.24) is 4.98 Å². The maximum atomic E-state index is 12.5. The third-order valence-corrected chi connectivity index (χ3v) is 4.77. The van der Waals surface area contributed by atoms with Crippen molar-refractivity contribution in [3.8, 4) is 11.5 Å². The molecule has 0 spiro atoms. The van der Waals surface area contributed by atoms with E-state index < -0.39 is 0 Å². The lowest BCUT2D eigenvalue weighted by atomic mass is 10.1. The Labute approximate surface area is 166 Å². The normalized spacial score (nSPS) is 14.1. The van der Waals surface area contributed by atoms with Gasteiger partial charge in [-0.25, -0.2) is 0 Å². The number of carbonyl (C=O) groups excluding carboxylic acids is 1. The van der Waals surface area contributed by atoms with Gasteiger partial charge in [-0.1, -0.05) is 29.3 Å². The molecule has 4 nitrogen and oxygen atoms in total. The van der Waals surface area contributed by atoms with Gasteiger partial charge in [0.25, 0.3) is 0 Å². The zero-order valence-electron chi connectivity index (χ0n) is 14.0. The van der Waals surface area contributed by atoms with E-state index in [-0.39, 0.29) is 11.5 Å². The predicted molar refractivity (Wildman–Crippen MR) is 104 cm³/mol. The first-order valence-corrected chi connectivity index (χ1v) is 8.91. The molecule has 0 saturated heterocycles. The molecule has 134 valence electrons. The highest BCUT2D eigenvalue weighted by Gasteiger charge is 2.27. The summed E-state index contributed by atoms with van der Waals surface area (Å²) in [5, 5.41) is 0.977. The topological polar surface area (TPSA) is 48.4 Å². The van der Waals surface area contributed by atoms with Crippen LogP contribution in [0.4, 0.5) is 0 Å². The van der Waals surface area contributed by atoms with E-state index in [0.717, 1.165) is 11.1 Å². The van der Waals surface area contributed by atoms with Gasteiger partial charge in [-0.15, -0.1) is 0 Å². The van der Waals surface area contributed by atoms with Crippen LogP contribution in [0.15, 0.2) is 66.7 Å². The van der Waals surface area contributed by atoms with Crippen molar-refractivity contribution >= 4 is 35.1 Å². The van der Waals surface area contributed by atoms with E-state index in [1.807, 2.05) is 6.07 Å². The van der Waals surface area contributed by atoms with Crippen LogP contribution in [0.5, 0.6) is 11.5 Å². The number of pyridine rings is 1. The minimum Gasteiger partial charge on any atom is -0.489 e. The molecule has 0 fully saturated rings. The van der Waals surface area contributed by atoms with Crippen molar-refractivity contribution in [3.63, 3.8) is 0 Å². The van der Waals surface area contributed by atoms with Crippen LogP contribution >= 0.6 is 23.2 Å². The van der Waals surface area contributed by atoms with Crippen molar-refractivity contribution in [2.75, 3.05) is 0 Å². The number of benzene rings is 2. The second kappa shape index (κ2) is 7.43. The highest BCUT2D eigenvalue weighted by molar-refractivity contribution is 6.42. The quantitative estimate of drug-likeness (QED) is 0.538. The Hall–Kier alpha value is -2.82. The van der Waals surface area contributed by atoms with E-state index in [2.05, 4.69) is 4.98 Å². The Kier molecular flexibility index (Phi) is 4.84. The molecule has 0 N–H and O–H groups in total. The molecule has 4 rings (SSSR count). The number of hydrogen-bond donors (Lipinski definition) is 0. The number of aromatic nitrogens is 1. The summed E-state index contributed by atoms with van der Waals surface area (Å²) < 4.78 is 11.5. The number of halogens is 2. The lowest BCUT2D eigenvalue weighted by molar-refractivity contribution is 0.101. The Morgan fingerprint density at radius 2 is 1.81 bits per heavy atom. The molecule has 0 saturated carbocycles. The van der Waals surface area contributed by atoms with Gasteiger partial charge in [0, 0.05) is 18.5 Å². The number of hydrogen-bond acceptors (Lipinski definition) is 4. The van der Waals surface area contributed by atoms with E-state index >= 15 is 0 Å². The van der Waals surface area contributed by atoms with Gasteiger partial charge >= 0.3 is 0 Å². The zero-order chi connectivity index (χ0) is 18.8. The second-order valence-corrected chi connectivity index (χ2v) is 6.73. The van der Waals surface area contributed by atoms with Gasteiger partial charge in [-0.3, -0.25) is 9.78 Å². The van der Waals surface area contributed by atoms with Gasteiger partial charge in [-0.05, 0) is 53.6 Å². The van der Waals surface area contributed by atoms with E-state index in [0.29, 0.717) is 33.7 Å². The van der Waals surface area contributed by atoms with Crippen molar-refractivity contribution in [3.05, 3.63) is 93.4 Å². The van der Waals surface area contributed by atoms with Crippen LogP contribution in [-0.2, 0) is 6.61 Å². The molecule has 0 radical (unpaired) electrons. The molecule has 27 heavy (non-hydrogen) atoms. The molecule has 2 heterocycles. The van der Waals surface area contributed by atoms with Gasteiger partial charge in [0.2, 0.25) is 5.78 Å². The Balaban J connectivity index is 1.50. The summed E-state index contributed by atoms with van der Waals surface area (Å²) in [5.74, 6) is 1.19. The molecule has 2 aromatic carbocycles. The highest BCUT2D eigenvalue weighted by Crippen LogP contribution is 2.35. The third kappa shape index (κ3) is 3.82. The van der Waals surface area contributed by atoms with Crippen molar-refractivity contribution in [2.24, 2.45) is 0 Å². The maximum Gasteiger partial charge on any atom is 0.231 e. The van der Waals surface area contributed by atoms with Crippen molar-refractivity contribution in [1.29, 1.82) is 0 Å². The minimum absolute atomic E-state index is 0.155. The summed E-state index contributed by atoms with van der Waals surface area (Å²) in [6.07, 6.45) is 5.02. The number of rotatable bonds is 4. The largest absolute Gasteiger partial charge is 0.489 e. The summed E-state index contributed by atoms with van der Waals surface area (Å²) in [5.41, 5.74) is 2.25. The standard InChI is InChI=1S/C21H13Cl2NO3/c22-17-4-1-14(9-18(17)23)12-26-15-2-3-16-19(11-15)27-20(21(16)25)10-13-5-7-24-8-6-13/h1-11H,12H2/b20-10+. The number of ether oxygens (including phenoxy) is 2. The average Bonchev–Trinajstić information content (AvgIpc) is 2.98. The summed E-state index contributed by atoms with van der Waals surface area (Å²) in [6, 6.07) is 14.1. The van der Waals surface area contributed by atoms with Gasteiger partial charge < -0.3 is 9.47 Å². The number of ketones is 1. The maximum absolute atomic E-state index is 12.5. The summed E-state index contributed by atoms with van der Waals surface area (Å²) in [4.78, 5) is 16.4. The first-order chi connectivity index (χ1) is 13.1. The monoisotopic (exact) mass is 397 g/mol. The summed E-state index contributed by atoms with van der Waals surface area (Å²) in [6.45, 7) is 0.323. The number of Topliss-reactive ketones (excluding diaryl/α,β-unsaturated/α-hetero) is 1. The van der Waals surface area contributed by atoms with Crippen LogP contribution in [0.1, 0.15) is 21.5 Å². The second-order valence-electron chi connectivity index (χ2n) is 5.92. The molecule has 0 unspecified atom stereocenters. The first-order valence-electron chi connectivity index (χ1n) is 8.15. The van der Waals surface area contributed by atoms with E-state index in [4.69, 9.17) is 32.7 Å². The van der Waals surface area contributed by atoms with Crippen LogP contribution < -0.4 is 9.47 Å². The van der Waals surface area contributed by atoms with Gasteiger partial charge in [0.1, 0.15) is 18.1 Å². The SMILES string of the molecule is O=C1/C(=C\c2ccncc2)Oc2cc(OCc3ccc(Cl)c(Cl)c3)ccc21. The van der Waals surface area contributed by atoms with Crippen LogP contribution in [0.25, 0.3) is 6.08 Å². The lowest BCUT2D eigenvalue weighted by Gasteiger charge is -2.08. The van der Waals surface area contributed by atoms with Gasteiger partial charge in [-0.2, -0.15) is 0 Å². The molecule has 3 aromatic rings. The zero-order valence-corrected chi connectivity index (χ0v) is 15.5. The Bertz CT molecular complexity index is 1050. The van der Waals surface area contributed by atoms with E-state index in [9.17, 15) is 4.79 Å². The molecule has 0 bridgehead atoms. The molecule has 0 aliphatic carbocycles. The van der Waals surface area contributed by atoms with Crippen LogP contribution in [0.2, 0.25) is 10.0 Å². The molecular weight excluding hydrogens is 385 g/mol. The molecule has 1 aromatic heterocycles. The molecule has 0 amide bonds. The summed E-state index contributed by atoms with van der Waals surface area (Å²) in [7, 11) is 0. The van der Waals surface area contributed by atoms with Crippen molar-refractivity contribution < 1.29 is 14.3 Å². The van der Waals surface area contributed by atoms with Crippen LogP contribution in [0.3, 0.4) is 0 Å². The predicted octanol–water partition coefficient (Wildman–Crippen LogP) is 5.58. The first kappa shape index (κ1) is 17.6. The fourth-order valence-corrected chi connectivity index (χ4v) is 2.98. The van der Waals surface area contributed by atoms with Gasteiger partial charge in [0.15, 0.2) is 5.76 Å². The minimum atomic E-state index is -0.155. The average molecular weight is 398 g/mol. The number of allylic oxidation sites excluding steroid dienone is 1. The van der Waals surface area contributed by atoms with Crippen molar-refractivity contribution in [2.45, 2.75) is 6.61 Å². The smallest absolute Gasteiger partial charge is 0.231 e. The fourth-order valence-electron chi connectivity index (χ4n) is 2.66. The number of carbonyl (C=O) groups is 1. The molecule has 0 atom stereocenters. The fraction of sp³-hybridized carbons (Fsp3) is 0.0476. The third-order valence-electron chi connectivity index (χ3n) is 4.03. The Morgan fingerprint density at radius 3 is 2.59 bits per heavy atom. The van der Waals surface area contributed by atoms with E-state index in [1.165, 1.54) is 0 Å². The summed E-state index contributed by atoms with van der Waals surface area (Å²) >= 11 is 11.9. The molecule has 6 heteroatoms. The molecular formula is C21H13Cl2NO3. The highest BCUT2D eigenvalue weighted by atomic mass is 35.5. The van der Waals surface area contributed by atoms with Crippen LogP contribution in [-0.4, -0.2) is 10.8 Å². The van der Waals surface area contributed by atoms with E-state index in [1.54, 1.807) is 60.9 Å².